The van der Waals surface area contributed by atoms with Gasteiger partial charge in [0.1, 0.15) is 5.82 Å². The Balaban J connectivity index is 1.43. The molecule has 4 rings (SSSR count). The third kappa shape index (κ3) is 2.78. The first-order chi connectivity index (χ1) is 11.5. The molecule has 0 radical (unpaired) electrons. The van der Waals surface area contributed by atoms with Crippen LogP contribution < -0.4 is 4.90 Å². The van der Waals surface area contributed by atoms with Crippen molar-refractivity contribution < 1.29 is 0 Å². The molecule has 2 saturated heterocycles. The second-order valence-corrected chi connectivity index (χ2v) is 7.54. The highest BCUT2D eigenvalue weighted by Crippen LogP contribution is 2.26. The molecule has 0 aliphatic carbocycles. The van der Waals surface area contributed by atoms with E-state index in [0.717, 1.165) is 30.1 Å². The molecule has 6 nitrogen and oxygen atoms in total. The maximum atomic E-state index is 4.62. The molecular weight excluding hydrogens is 300 g/mol. The van der Waals surface area contributed by atoms with Crippen molar-refractivity contribution in [2.75, 3.05) is 44.2 Å². The number of aryl methyl sites for hydroxylation is 2. The Labute approximate surface area is 144 Å². The fraction of sp³-hybridized carbons (Fsp3) is 0.667. The minimum absolute atomic E-state index is 0.668. The van der Waals surface area contributed by atoms with Crippen LogP contribution in [-0.2, 0) is 0 Å². The van der Waals surface area contributed by atoms with Gasteiger partial charge in [-0.3, -0.25) is 9.80 Å². The molecule has 2 aromatic rings. The van der Waals surface area contributed by atoms with Gasteiger partial charge in [0, 0.05) is 69.2 Å². The van der Waals surface area contributed by atoms with Gasteiger partial charge in [0.25, 0.3) is 0 Å². The summed E-state index contributed by atoms with van der Waals surface area (Å²) in [5.74, 6) is 1.18. The van der Waals surface area contributed by atoms with E-state index in [0.29, 0.717) is 12.1 Å². The Bertz CT molecular complexity index is 722. The van der Waals surface area contributed by atoms with E-state index in [4.69, 9.17) is 0 Å². The normalized spacial score (nSPS) is 21.0. The maximum Gasteiger partial charge on any atom is 0.157 e. The van der Waals surface area contributed by atoms with Gasteiger partial charge in [-0.15, -0.1) is 0 Å². The Morgan fingerprint density at radius 2 is 1.71 bits per heavy atom. The first-order valence-corrected chi connectivity index (χ1v) is 9.08. The second-order valence-electron chi connectivity index (χ2n) is 7.54. The van der Waals surface area contributed by atoms with Gasteiger partial charge in [0.2, 0.25) is 0 Å². The van der Waals surface area contributed by atoms with E-state index in [2.05, 4.69) is 57.7 Å². The van der Waals surface area contributed by atoms with E-state index in [-0.39, 0.29) is 0 Å². The van der Waals surface area contributed by atoms with Crippen LogP contribution in [0.1, 0.15) is 25.2 Å². The molecule has 0 N–H and O–H groups in total. The lowest BCUT2D eigenvalue weighted by Gasteiger charge is -2.49. The number of piperazine rings is 1. The summed E-state index contributed by atoms with van der Waals surface area (Å²) in [4.78, 5) is 12.3. The number of nitrogens with zero attached hydrogens (tertiary/aromatic N) is 6. The fourth-order valence-corrected chi connectivity index (χ4v) is 3.91. The third-order valence-corrected chi connectivity index (χ3v) is 5.44. The topological polar surface area (TPSA) is 39.9 Å². The standard InChI is InChI=1S/C18H28N6/c1-13(2)21-5-7-22(8-6-21)16-11-23(12-16)18-10-14(3)19-17-9-15(4)20-24(17)18/h9-10,13,16H,5-8,11-12H2,1-4H3. The molecular formula is C18H28N6. The van der Waals surface area contributed by atoms with Crippen LogP contribution in [0.25, 0.3) is 5.65 Å². The number of aromatic nitrogens is 3. The highest BCUT2D eigenvalue weighted by Gasteiger charge is 2.35. The van der Waals surface area contributed by atoms with Crippen molar-refractivity contribution in [1.29, 1.82) is 0 Å². The summed E-state index contributed by atoms with van der Waals surface area (Å²) >= 11 is 0. The number of rotatable bonds is 3. The van der Waals surface area contributed by atoms with Crippen molar-refractivity contribution >= 4 is 11.5 Å². The van der Waals surface area contributed by atoms with Crippen LogP contribution in [0.3, 0.4) is 0 Å². The first kappa shape index (κ1) is 15.8. The van der Waals surface area contributed by atoms with Gasteiger partial charge in [-0.1, -0.05) is 0 Å². The maximum absolute atomic E-state index is 4.62. The predicted octanol–water partition coefficient (Wildman–Crippen LogP) is 1.56. The van der Waals surface area contributed by atoms with Gasteiger partial charge in [-0.05, 0) is 27.7 Å². The Morgan fingerprint density at radius 3 is 2.38 bits per heavy atom. The second kappa shape index (κ2) is 6.01. The summed E-state index contributed by atoms with van der Waals surface area (Å²) in [5, 5.41) is 4.62. The van der Waals surface area contributed by atoms with Crippen molar-refractivity contribution in [1.82, 2.24) is 24.4 Å². The zero-order valence-corrected chi connectivity index (χ0v) is 15.2. The third-order valence-electron chi connectivity index (χ3n) is 5.44. The quantitative estimate of drug-likeness (QED) is 0.855. The molecule has 2 aliphatic rings. The molecule has 0 amide bonds. The molecule has 2 aromatic heterocycles. The van der Waals surface area contributed by atoms with Crippen LogP contribution in [0.15, 0.2) is 12.1 Å². The molecule has 0 atom stereocenters. The van der Waals surface area contributed by atoms with Crippen molar-refractivity contribution in [3.8, 4) is 0 Å². The summed E-state index contributed by atoms with van der Waals surface area (Å²) in [6, 6.07) is 5.56. The molecule has 130 valence electrons. The van der Waals surface area contributed by atoms with Gasteiger partial charge in [0.15, 0.2) is 5.65 Å². The van der Waals surface area contributed by atoms with Crippen LogP contribution in [-0.4, -0.2) is 75.8 Å². The van der Waals surface area contributed by atoms with Crippen LogP contribution >= 0.6 is 0 Å². The Kier molecular flexibility index (Phi) is 3.96. The fourth-order valence-electron chi connectivity index (χ4n) is 3.91. The smallest absolute Gasteiger partial charge is 0.157 e. The lowest BCUT2D eigenvalue weighted by molar-refractivity contribution is 0.0675. The average molecular weight is 328 g/mol. The highest BCUT2D eigenvalue weighted by atomic mass is 15.4. The zero-order valence-electron chi connectivity index (χ0n) is 15.2. The molecule has 0 aromatic carbocycles. The summed E-state index contributed by atoms with van der Waals surface area (Å²) < 4.78 is 2.00. The van der Waals surface area contributed by atoms with Gasteiger partial charge in [-0.2, -0.15) is 9.61 Å². The van der Waals surface area contributed by atoms with E-state index in [1.807, 2.05) is 11.4 Å². The lowest BCUT2D eigenvalue weighted by Crippen LogP contribution is -2.64. The minimum Gasteiger partial charge on any atom is -0.353 e. The summed E-state index contributed by atoms with van der Waals surface area (Å²) in [6.07, 6.45) is 0. The van der Waals surface area contributed by atoms with E-state index in [9.17, 15) is 0 Å². The van der Waals surface area contributed by atoms with Crippen LogP contribution in [0, 0.1) is 13.8 Å². The SMILES string of the molecule is Cc1cc(N2CC(N3CCN(C(C)C)CC3)C2)n2nc(C)cc2n1. The van der Waals surface area contributed by atoms with Gasteiger partial charge in [0.05, 0.1) is 5.69 Å². The number of hydrogen-bond acceptors (Lipinski definition) is 5. The monoisotopic (exact) mass is 328 g/mol. The largest absolute Gasteiger partial charge is 0.353 e. The van der Waals surface area contributed by atoms with Gasteiger partial charge < -0.3 is 4.90 Å². The molecule has 0 unspecified atom stereocenters. The van der Waals surface area contributed by atoms with Crippen LogP contribution in [0.5, 0.6) is 0 Å². The molecule has 2 aliphatic heterocycles. The highest BCUT2D eigenvalue weighted by molar-refractivity contribution is 5.53. The van der Waals surface area contributed by atoms with E-state index in [1.54, 1.807) is 0 Å². The summed E-state index contributed by atoms with van der Waals surface area (Å²) in [5.41, 5.74) is 3.04. The predicted molar refractivity (Wildman–Crippen MR) is 96.7 cm³/mol. The Morgan fingerprint density at radius 1 is 1.00 bits per heavy atom. The van der Waals surface area contributed by atoms with Gasteiger partial charge >= 0.3 is 0 Å². The average Bonchev–Trinajstić information content (AvgIpc) is 2.86. The molecule has 0 spiro atoms. The van der Waals surface area contributed by atoms with E-state index >= 15 is 0 Å². The summed E-state index contributed by atoms with van der Waals surface area (Å²) in [6.45, 7) is 15.7. The van der Waals surface area contributed by atoms with Crippen LogP contribution in [0.4, 0.5) is 5.82 Å². The minimum atomic E-state index is 0.668. The molecule has 0 bridgehead atoms. The molecule has 24 heavy (non-hydrogen) atoms. The zero-order chi connectivity index (χ0) is 16.8. The molecule has 0 saturated carbocycles. The van der Waals surface area contributed by atoms with Crippen LogP contribution in [0.2, 0.25) is 0 Å². The molecule has 2 fully saturated rings. The number of anilines is 1. The van der Waals surface area contributed by atoms with Crippen molar-refractivity contribution in [3.05, 3.63) is 23.5 Å². The molecule has 6 heteroatoms. The van der Waals surface area contributed by atoms with Crippen molar-refractivity contribution in [2.45, 2.75) is 39.8 Å². The molecule has 4 heterocycles. The number of hydrogen-bond donors (Lipinski definition) is 0. The van der Waals surface area contributed by atoms with E-state index in [1.165, 1.54) is 32.0 Å². The van der Waals surface area contributed by atoms with Gasteiger partial charge in [-0.25, -0.2) is 4.98 Å². The lowest BCUT2D eigenvalue weighted by atomic mass is 10.1. The van der Waals surface area contributed by atoms with Crippen molar-refractivity contribution in [3.63, 3.8) is 0 Å². The number of fused-ring (bicyclic) bond motifs is 1. The van der Waals surface area contributed by atoms with E-state index < -0.39 is 0 Å². The Hall–Kier alpha value is -1.66. The van der Waals surface area contributed by atoms with Crippen molar-refractivity contribution in [2.24, 2.45) is 0 Å². The first-order valence-electron chi connectivity index (χ1n) is 9.08. The summed E-state index contributed by atoms with van der Waals surface area (Å²) in [7, 11) is 0.